The summed E-state index contributed by atoms with van der Waals surface area (Å²) in [5.74, 6) is 1.93. The molecule has 1 N–H and O–H groups in total. The number of methoxy groups -OCH3 is 1. The summed E-state index contributed by atoms with van der Waals surface area (Å²) in [6.45, 7) is 2.40. The number of aliphatic imine (C=N–C) groups is 1. The summed E-state index contributed by atoms with van der Waals surface area (Å²) in [6, 6.07) is 4.58. The predicted octanol–water partition coefficient (Wildman–Crippen LogP) is 3.64. The number of thiophene rings is 1. The molecule has 3 aliphatic rings. The summed E-state index contributed by atoms with van der Waals surface area (Å²) in [5.41, 5.74) is 4.42. The van der Waals surface area contributed by atoms with E-state index in [2.05, 4.69) is 50.2 Å². The van der Waals surface area contributed by atoms with E-state index in [1.807, 2.05) is 12.3 Å². The van der Waals surface area contributed by atoms with Gasteiger partial charge in [0.1, 0.15) is 22.7 Å². The average Bonchev–Trinajstić information content (AvgIpc) is 3.60. The van der Waals surface area contributed by atoms with E-state index in [9.17, 15) is 4.79 Å². The van der Waals surface area contributed by atoms with Crippen molar-refractivity contribution in [3.63, 3.8) is 0 Å². The minimum atomic E-state index is 0.0527. The number of nitrogens with one attached hydrogen (secondary N) is 1. The fraction of sp³-hybridized carbons (Fsp3) is 0.462. The Hall–Kier alpha value is -3.04. The van der Waals surface area contributed by atoms with Gasteiger partial charge in [-0.2, -0.15) is 0 Å². The van der Waals surface area contributed by atoms with E-state index in [0.29, 0.717) is 18.5 Å². The van der Waals surface area contributed by atoms with Crippen LogP contribution in [0.1, 0.15) is 34.4 Å². The van der Waals surface area contributed by atoms with Crippen LogP contribution < -0.4 is 10.1 Å². The van der Waals surface area contributed by atoms with Crippen molar-refractivity contribution >= 4 is 45.2 Å². The monoisotopic (exact) mass is 490 g/mol. The standard InChI is InChI=1S/C26H30N6O2S/c1-31(2)18-6-7-32(13-18)26(33)15-4-5-19-22(10-15)35-25-23(19)24(28-14-29-25)30-20-8-16-11-27-12-17(16)9-21(20)34-3/h8-9,11,14-15,18H,4-7,10,12-13H2,1-3H3,(H,28,29,30)/t15-,18-/m0/s1. The second-order valence-electron chi connectivity index (χ2n) is 9.88. The number of rotatable bonds is 5. The smallest absolute Gasteiger partial charge is 0.226 e. The van der Waals surface area contributed by atoms with Crippen LogP contribution in [0.4, 0.5) is 11.5 Å². The number of aromatic nitrogens is 2. The lowest BCUT2D eigenvalue weighted by molar-refractivity contribution is -0.134. The molecule has 1 aromatic carbocycles. The maximum Gasteiger partial charge on any atom is 0.226 e. The lowest BCUT2D eigenvalue weighted by Crippen LogP contribution is -2.39. The van der Waals surface area contributed by atoms with Gasteiger partial charge in [-0.15, -0.1) is 11.3 Å². The van der Waals surface area contributed by atoms with Gasteiger partial charge in [0.05, 0.1) is 24.7 Å². The molecule has 1 amide bonds. The number of anilines is 2. The van der Waals surface area contributed by atoms with Crippen LogP contribution in [0.3, 0.4) is 0 Å². The van der Waals surface area contributed by atoms with Gasteiger partial charge >= 0.3 is 0 Å². The second-order valence-corrected chi connectivity index (χ2v) is 11.0. The van der Waals surface area contributed by atoms with E-state index in [1.165, 1.54) is 16.0 Å². The van der Waals surface area contributed by atoms with Crippen LogP contribution >= 0.6 is 11.3 Å². The number of fused-ring (bicyclic) bond motifs is 4. The third-order valence-corrected chi connectivity index (χ3v) is 8.77. The third-order valence-electron chi connectivity index (χ3n) is 7.61. The third kappa shape index (κ3) is 3.96. The van der Waals surface area contributed by atoms with Gasteiger partial charge < -0.3 is 19.9 Å². The molecule has 8 nitrogen and oxygen atoms in total. The summed E-state index contributed by atoms with van der Waals surface area (Å²) in [7, 11) is 5.88. The zero-order chi connectivity index (χ0) is 24.1. The Labute approximate surface area is 209 Å². The summed E-state index contributed by atoms with van der Waals surface area (Å²) in [5, 5.41) is 4.59. The van der Waals surface area contributed by atoms with E-state index >= 15 is 0 Å². The first-order valence-corrected chi connectivity index (χ1v) is 13.0. The van der Waals surface area contributed by atoms with Crippen molar-refractivity contribution in [2.75, 3.05) is 39.6 Å². The second kappa shape index (κ2) is 8.87. The highest BCUT2D eigenvalue weighted by Crippen LogP contribution is 2.42. The zero-order valence-corrected chi connectivity index (χ0v) is 21.2. The first-order chi connectivity index (χ1) is 17.0. The van der Waals surface area contributed by atoms with Crippen LogP contribution in [0, 0.1) is 5.92 Å². The number of likely N-dealkylation sites (N-methyl/N-ethyl adjacent to an activating group) is 1. The lowest BCUT2D eigenvalue weighted by atomic mass is 9.87. The normalized spacial score (nSPS) is 21.0. The number of carbonyl (C=O) groups excluding carboxylic acids is 1. The molecular weight excluding hydrogens is 460 g/mol. The van der Waals surface area contributed by atoms with Crippen molar-refractivity contribution in [2.45, 2.75) is 38.3 Å². The summed E-state index contributed by atoms with van der Waals surface area (Å²) in [6.07, 6.45) is 7.10. The van der Waals surface area contributed by atoms with Crippen LogP contribution in [-0.2, 0) is 24.2 Å². The van der Waals surface area contributed by atoms with Crippen LogP contribution in [-0.4, -0.2) is 72.2 Å². The Morgan fingerprint density at radius 2 is 2.14 bits per heavy atom. The van der Waals surface area contributed by atoms with E-state index < -0.39 is 0 Å². The SMILES string of the molecule is COc1cc2c(cc1Nc1ncnc3sc4c(c13)CC[C@H](C(=O)N1CC[C@H](N(C)C)C1)C4)C=NC2. The zero-order valence-electron chi connectivity index (χ0n) is 20.4. The van der Waals surface area contributed by atoms with Crippen molar-refractivity contribution in [1.29, 1.82) is 0 Å². The number of aryl methyl sites for hydroxylation is 1. The fourth-order valence-electron chi connectivity index (χ4n) is 5.57. The summed E-state index contributed by atoms with van der Waals surface area (Å²) in [4.78, 5) is 33.4. The highest BCUT2D eigenvalue weighted by molar-refractivity contribution is 7.19. The number of benzene rings is 1. The van der Waals surface area contributed by atoms with Crippen molar-refractivity contribution in [3.8, 4) is 5.75 Å². The van der Waals surface area contributed by atoms with Crippen LogP contribution in [0.5, 0.6) is 5.75 Å². The molecule has 2 aromatic heterocycles. The molecule has 35 heavy (non-hydrogen) atoms. The molecule has 9 heteroatoms. The van der Waals surface area contributed by atoms with E-state index in [0.717, 1.165) is 71.8 Å². The Morgan fingerprint density at radius 3 is 2.94 bits per heavy atom. The Kier molecular flexibility index (Phi) is 5.69. The molecule has 0 unspecified atom stereocenters. The molecule has 1 aliphatic carbocycles. The van der Waals surface area contributed by atoms with E-state index in [4.69, 9.17) is 4.74 Å². The van der Waals surface area contributed by atoms with E-state index in [1.54, 1.807) is 24.8 Å². The highest BCUT2D eigenvalue weighted by Gasteiger charge is 2.35. The minimum absolute atomic E-state index is 0.0527. The molecule has 2 aliphatic heterocycles. The largest absolute Gasteiger partial charge is 0.495 e. The fourth-order valence-corrected chi connectivity index (χ4v) is 6.84. The van der Waals surface area contributed by atoms with Crippen molar-refractivity contribution in [2.24, 2.45) is 10.9 Å². The van der Waals surface area contributed by atoms with Crippen LogP contribution in [0.2, 0.25) is 0 Å². The topological polar surface area (TPSA) is 82.9 Å². The molecule has 182 valence electrons. The van der Waals surface area contributed by atoms with Crippen molar-refractivity contribution < 1.29 is 9.53 Å². The minimum Gasteiger partial charge on any atom is -0.495 e. The molecule has 1 fully saturated rings. The Morgan fingerprint density at radius 1 is 1.26 bits per heavy atom. The van der Waals surface area contributed by atoms with Crippen LogP contribution in [0.15, 0.2) is 23.5 Å². The van der Waals surface area contributed by atoms with Gasteiger partial charge in [-0.1, -0.05) is 0 Å². The van der Waals surface area contributed by atoms with Crippen LogP contribution in [0.25, 0.3) is 10.2 Å². The van der Waals surface area contributed by atoms with Crippen molar-refractivity contribution in [3.05, 3.63) is 40.0 Å². The number of nitrogens with zero attached hydrogens (tertiary/aromatic N) is 5. The quantitative estimate of drug-likeness (QED) is 0.588. The number of likely N-dealkylation sites (tertiary alicyclic amines) is 1. The molecule has 2 atom stereocenters. The number of carbonyl (C=O) groups is 1. The molecule has 6 rings (SSSR count). The molecule has 0 bridgehead atoms. The summed E-state index contributed by atoms with van der Waals surface area (Å²) < 4.78 is 5.66. The maximum atomic E-state index is 13.3. The number of hydrogen-bond acceptors (Lipinski definition) is 8. The predicted molar refractivity (Wildman–Crippen MR) is 139 cm³/mol. The van der Waals surface area contributed by atoms with Gasteiger partial charge in [0, 0.05) is 36.1 Å². The van der Waals surface area contributed by atoms with Gasteiger partial charge in [0.2, 0.25) is 5.91 Å². The van der Waals surface area contributed by atoms with Gasteiger partial charge in [0.15, 0.2) is 0 Å². The molecule has 3 aromatic rings. The molecule has 4 heterocycles. The van der Waals surface area contributed by atoms with Gasteiger partial charge in [-0.3, -0.25) is 9.79 Å². The summed E-state index contributed by atoms with van der Waals surface area (Å²) >= 11 is 1.70. The number of hydrogen-bond donors (Lipinski definition) is 1. The Bertz CT molecular complexity index is 1330. The number of amides is 1. The maximum absolute atomic E-state index is 13.3. The lowest BCUT2D eigenvalue weighted by Gasteiger charge is -2.27. The molecule has 0 saturated carbocycles. The first kappa shape index (κ1) is 22.4. The molecular formula is C26H30N6O2S. The number of ether oxygens (including phenoxy) is 1. The highest BCUT2D eigenvalue weighted by atomic mass is 32.1. The van der Waals surface area contributed by atoms with Gasteiger partial charge in [-0.05, 0) is 68.6 Å². The first-order valence-electron chi connectivity index (χ1n) is 12.2. The average molecular weight is 491 g/mol. The molecule has 1 saturated heterocycles. The van der Waals surface area contributed by atoms with Gasteiger partial charge in [0.25, 0.3) is 0 Å². The van der Waals surface area contributed by atoms with Crippen molar-refractivity contribution in [1.82, 2.24) is 19.8 Å². The molecule has 0 radical (unpaired) electrons. The van der Waals surface area contributed by atoms with E-state index in [-0.39, 0.29) is 5.92 Å². The Balaban J connectivity index is 1.27. The van der Waals surface area contributed by atoms with Gasteiger partial charge in [-0.25, -0.2) is 9.97 Å². The molecule has 0 spiro atoms.